The molecule has 2 aromatic rings. The minimum Gasteiger partial charge on any atom is -0.399 e. The Morgan fingerprint density at radius 2 is 1.94 bits per heavy atom. The van der Waals surface area contributed by atoms with Gasteiger partial charge in [0.05, 0.1) is 0 Å². The molecule has 1 heterocycles. The summed E-state index contributed by atoms with van der Waals surface area (Å²) in [4.78, 5) is 0. The summed E-state index contributed by atoms with van der Waals surface area (Å²) in [5, 5.41) is 1.30. The monoisotopic (exact) mass is 242 g/mol. The predicted octanol–water partition coefficient (Wildman–Crippen LogP) is 4.29. The van der Waals surface area contributed by atoms with E-state index < -0.39 is 0 Å². The highest BCUT2D eigenvalue weighted by atomic mass is 15.0. The van der Waals surface area contributed by atoms with Crippen LogP contribution >= 0.6 is 0 Å². The van der Waals surface area contributed by atoms with E-state index in [4.69, 9.17) is 5.73 Å². The Hall–Kier alpha value is -1.44. The molecular weight excluding hydrogens is 220 g/mol. The van der Waals surface area contributed by atoms with Gasteiger partial charge in [-0.3, -0.25) is 0 Å². The van der Waals surface area contributed by atoms with Gasteiger partial charge in [0.1, 0.15) is 0 Å². The molecule has 1 fully saturated rings. The SMILES string of the molecule is CCn1c(C2CCCCC2)cc2cc(N)ccc21. The Morgan fingerprint density at radius 1 is 1.17 bits per heavy atom. The van der Waals surface area contributed by atoms with E-state index in [-0.39, 0.29) is 0 Å². The molecule has 0 radical (unpaired) electrons. The number of fused-ring (bicyclic) bond motifs is 1. The molecule has 1 saturated carbocycles. The molecule has 1 aromatic carbocycles. The van der Waals surface area contributed by atoms with Crippen LogP contribution in [0.1, 0.15) is 50.6 Å². The summed E-state index contributed by atoms with van der Waals surface area (Å²) in [6.07, 6.45) is 6.89. The number of nitrogen functional groups attached to an aromatic ring is 1. The number of rotatable bonds is 2. The van der Waals surface area contributed by atoms with E-state index in [1.807, 2.05) is 6.07 Å². The number of nitrogens with zero attached hydrogens (tertiary/aromatic N) is 1. The number of benzene rings is 1. The number of aryl methyl sites for hydroxylation is 1. The molecule has 1 aliphatic rings. The lowest BCUT2D eigenvalue weighted by molar-refractivity contribution is 0.427. The second-order valence-corrected chi connectivity index (χ2v) is 5.47. The molecule has 2 heteroatoms. The Labute approximate surface area is 109 Å². The van der Waals surface area contributed by atoms with Crippen molar-refractivity contribution in [3.63, 3.8) is 0 Å². The lowest BCUT2D eigenvalue weighted by Gasteiger charge is -2.23. The van der Waals surface area contributed by atoms with Gasteiger partial charge in [-0.05, 0) is 49.9 Å². The number of nitrogens with two attached hydrogens (primary N) is 1. The highest BCUT2D eigenvalue weighted by molar-refractivity contribution is 5.84. The number of hydrogen-bond donors (Lipinski definition) is 1. The summed E-state index contributed by atoms with van der Waals surface area (Å²) in [5.74, 6) is 0.757. The van der Waals surface area contributed by atoms with Crippen LogP contribution in [0.15, 0.2) is 24.3 Å². The lowest BCUT2D eigenvalue weighted by Crippen LogP contribution is -2.10. The van der Waals surface area contributed by atoms with Gasteiger partial charge in [0, 0.05) is 28.8 Å². The normalized spacial score (nSPS) is 17.4. The number of aromatic nitrogens is 1. The molecule has 0 aliphatic heterocycles. The maximum absolute atomic E-state index is 5.89. The van der Waals surface area contributed by atoms with Crippen molar-refractivity contribution in [1.29, 1.82) is 0 Å². The van der Waals surface area contributed by atoms with E-state index in [0.717, 1.165) is 18.2 Å². The van der Waals surface area contributed by atoms with Gasteiger partial charge in [0.15, 0.2) is 0 Å². The zero-order valence-corrected chi connectivity index (χ0v) is 11.2. The van der Waals surface area contributed by atoms with Crippen molar-refractivity contribution < 1.29 is 0 Å². The van der Waals surface area contributed by atoms with Crippen molar-refractivity contribution in [2.45, 2.75) is 51.5 Å². The van der Waals surface area contributed by atoms with Gasteiger partial charge in [0.25, 0.3) is 0 Å². The fraction of sp³-hybridized carbons (Fsp3) is 0.500. The van der Waals surface area contributed by atoms with Crippen LogP contribution < -0.4 is 5.73 Å². The van der Waals surface area contributed by atoms with Crippen LogP contribution in [0.4, 0.5) is 5.69 Å². The third-order valence-corrected chi connectivity index (χ3v) is 4.30. The molecule has 0 atom stereocenters. The second kappa shape index (κ2) is 4.68. The largest absolute Gasteiger partial charge is 0.399 e. The van der Waals surface area contributed by atoms with Crippen LogP contribution in [0.3, 0.4) is 0 Å². The third-order valence-electron chi connectivity index (χ3n) is 4.30. The number of anilines is 1. The lowest BCUT2D eigenvalue weighted by atomic mass is 9.87. The van der Waals surface area contributed by atoms with Crippen LogP contribution in [0.25, 0.3) is 10.9 Å². The first-order valence-electron chi connectivity index (χ1n) is 7.18. The molecule has 0 bridgehead atoms. The Balaban J connectivity index is 2.09. The Morgan fingerprint density at radius 3 is 2.67 bits per heavy atom. The molecule has 2 N–H and O–H groups in total. The highest BCUT2D eigenvalue weighted by Gasteiger charge is 2.20. The first kappa shape index (κ1) is 11.6. The predicted molar refractivity (Wildman–Crippen MR) is 77.9 cm³/mol. The van der Waals surface area contributed by atoms with E-state index in [9.17, 15) is 0 Å². The van der Waals surface area contributed by atoms with Crippen molar-refractivity contribution >= 4 is 16.6 Å². The molecule has 1 aliphatic carbocycles. The summed E-state index contributed by atoms with van der Waals surface area (Å²) < 4.78 is 2.48. The summed E-state index contributed by atoms with van der Waals surface area (Å²) in [7, 11) is 0. The first-order valence-corrected chi connectivity index (χ1v) is 7.18. The fourth-order valence-corrected chi connectivity index (χ4v) is 3.40. The number of hydrogen-bond acceptors (Lipinski definition) is 1. The average molecular weight is 242 g/mol. The van der Waals surface area contributed by atoms with Crippen LogP contribution in [-0.4, -0.2) is 4.57 Å². The van der Waals surface area contributed by atoms with Crippen LogP contribution in [-0.2, 0) is 6.54 Å². The molecule has 0 spiro atoms. The highest BCUT2D eigenvalue weighted by Crippen LogP contribution is 2.36. The zero-order valence-electron chi connectivity index (χ0n) is 11.2. The second-order valence-electron chi connectivity index (χ2n) is 5.47. The minimum absolute atomic E-state index is 0.757. The van der Waals surface area contributed by atoms with Gasteiger partial charge >= 0.3 is 0 Å². The Kier molecular flexibility index (Phi) is 3.02. The third kappa shape index (κ3) is 1.90. The fourth-order valence-electron chi connectivity index (χ4n) is 3.40. The molecule has 18 heavy (non-hydrogen) atoms. The van der Waals surface area contributed by atoms with Gasteiger partial charge in [-0.2, -0.15) is 0 Å². The minimum atomic E-state index is 0.757. The van der Waals surface area contributed by atoms with E-state index in [0.29, 0.717) is 0 Å². The molecule has 96 valence electrons. The van der Waals surface area contributed by atoms with Crippen molar-refractivity contribution in [2.24, 2.45) is 0 Å². The molecule has 3 rings (SSSR count). The van der Waals surface area contributed by atoms with E-state index in [1.54, 1.807) is 0 Å². The van der Waals surface area contributed by atoms with Crippen molar-refractivity contribution in [3.05, 3.63) is 30.0 Å². The average Bonchev–Trinajstić information content (AvgIpc) is 2.77. The van der Waals surface area contributed by atoms with Gasteiger partial charge < -0.3 is 10.3 Å². The van der Waals surface area contributed by atoms with Crippen LogP contribution in [0.5, 0.6) is 0 Å². The smallest absolute Gasteiger partial charge is 0.0484 e. The van der Waals surface area contributed by atoms with Gasteiger partial charge in [-0.1, -0.05) is 19.3 Å². The summed E-state index contributed by atoms with van der Waals surface area (Å²) in [6.45, 7) is 3.29. The van der Waals surface area contributed by atoms with Gasteiger partial charge in [0.2, 0.25) is 0 Å². The standard InChI is InChI=1S/C16H22N2/c1-2-18-15-9-8-14(17)10-13(15)11-16(18)12-6-4-3-5-7-12/h8-12H,2-7,17H2,1H3. The van der Waals surface area contributed by atoms with E-state index in [2.05, 4.69) is 29.7 Å². The maximum Gasteiger partial charge on any atom is 0.0484 e. The molecule has 1 aromatic heterocycles. The molecule has 2 nitrogen and oxygen atoms in total. The Bertz CT molecular complexity index is 547. The van der Waals surface area contributed by atoms with Gasteiger partial charge in [-0.25, -0.2) is 0 Å². The summed E-state index contributed by atoms with van der Waals surface area (Å²) in [6, 6.07) is 8.65. The van der Waals surface area contributed by atoms with Crippen molar-refractivity contribution in [2.75, 3.05) is 5.73 Å². The summed E-state index contributed by atoms with van der Waals surface area (Å²) in [5.41, 5.74) is 9.63. The van der Waals surface area contributed by atoms with Crippen molar-refractivity contribution in [3.8, 4) is 0 Å². The van der Waals surface area contributed by atoms with Gasteiger partial charge in [-0.15, -0.1) is 0 Å². The van der Waals surface area contributed by atoms with Crippen LogP contribution in [0.2, 0.25) is 0 Å². The first-order chi connectivity index (χ1) is 8.79. The quantitative estimate of drug-likeness (QED) is 0.782. The topological polar surface area (TPSA) is 30.9 Å². The summed E-state index contributed by atoms with van der Waals surface area (Å²) >= 11 is 0. The molecule has 0 amide bonds. The molecule has 0 unspecified atom stereocenters. The van der Waals surface area contributed by atoms with Crippen molar-refractivity contribution in [1.82, 2.24) is 4.57 Å². The van der Waals surface area contributed by atoms with E-state index >= 15 is 0 Å². The van der Waals surface area contributed by atoms with E-state index in [1.165, 1.54) is 48.7 Å². The van der Waals surface area contributed by atoms with Crippen LogP contribution in [0, 0.1) is 0 Å². The zero-order chi connectivity index (χ0) is 12.5. The molecule has 0 saturated heterocycles. The molecular formula is C16H22N2. The maximum atomic E-state index is 5.89.